The van der Waals surface area contributed by atoms with Gasteiger partial charge >= 0.3 is 0 Å². The van der Waals surface area contributed by atoms with Crippen molar-refractivity contribution in [3.05, 3.63) is 30.1 Å². The van der Waals surface area contributed by atoms with Crippen LogP contribution >= 0.6 is 0 Å². The summed E-state index contributed by atoms with van der Waals surface area (Å²) in [5, 5.41) is 10.1. The molecule has 0 spiro atoms. The topological polar surface area (TPSA) is 59.1 Å². The van der Waals surface area contributed by atoms with Crippen LogP contribution in [0.2, 0.25) is 0 Å². The summed E-state index contributed by atoms with van der Waals surface area (Å²) in [5.74, 6) is 0.620. The zero-order valence-corrected chi connectivity index (χ0v) is 10.1. The van der Waals surface area contributed by atoms with E-state index in [9.17, 15) is 5.11 Å². The lowest BCUT2D eigenvalue weighted by molar-refractivity contribution is 0.128. The fourth-order valence-corrected chi connectivity index (χ4v) is 1.82. The average Bonchev–Trinajstić information content (AvgIpc) is 2.29. The van der Waals surface area contributed by atoms with Crippen LogP contribution in [0.4, 0.5) is 0 Å². The Balaban J connectivity index is 2.60. The molecule has 0 aromatic carbocycles. The van der Waals surface area contributed by atoms with Crippen molar-refractivity contribution in [3.8, 4) is 0 Å². The molecule has 0 aliphatic rings. The third-order valence-corrected chi connectivity index (χ3v) is 2.87. The number of rotatable bonds is 6. The molecule has 1 heterocycles. The molecule has 2 atom stereocenters. The standard InChI is InChI=1S/C13H22N2O/c1-10(2)5-6-13(16)12(8-14)11-4-3-7-15-9-11/h3-4,7,9-10,12-13,16H,5-6,8,14H2,1-2H3. The summed E-state index contributed by atoms with van der Waals surface area (Å²) in [6.45, 7) is 4.79. The molecule has 90 valence electrons. The van der Waals surface area contributed by atoms with Crippen LogP contribution in [0.5, 0.6) is 0 Å². The highest BCUT2D eigenvalue weighted by atomic mass is 16.3. The Hall–Kier alpha value is -0.930. The molecule has 1 aromatic heterocycles. The molecular weight excluding hydrogens is 200 g/mol. The minimum atomic E-state index is -0.364. The number of pyridine rings is 1. The maximum atomic E-state index is 10.1. The summed E-state index contributed by atoms with van der Waals surface area (Å²) >= 11 is 0. The predicted molar refractivity (Wildman–Crippen MR) is 66.1 cm³/mol. The number of aromatic nitrogens is 1. The first kappa shape index (κ1) is 13.1. The van der Waals surface area contributed by atoms with Gasteiger partial charge in [0.2, 0.25) is 0 Å². The van der Waals surface area contributed by atoms with Gasteiger partial charge in [-0.3, -0.25) is 4.98 Å². The van der Waals surface area contributed by atoms with Crippen LogP contribution in [0.3, 0.4) is 0 Å². The Morgan fingerprint density at radius 1 is 1.38 bits per heavy atom. The second kappa shape index (κ2) is 6.61. The van der Waals surface area contributed by atoms with Crippen LogP contribution in [-0.4, -0.2) is 22.7 Å². The average molecular weight is 222 g/mol. The Bertz CT molecular complexity index is 287. The van der Waals surface area contributed by atoms with Crippen molar-refractivity contribution in [2.45, 2.75) is 38.7 Å². The van der Waals surface area contributed by atoms with Gasteiger partial charge in [0.05, 0.1) is 6.10 Å². The fraction of sp³-hybridized carbons (Fsp3) is 0.615. The second-order valence-electron chi connectivity index (χ2n) is 4.67. The number of aliphatic hydroxyl groups is 1. The van der Waals surface area contributed by atoms with Crippen LogP contribution < -0.4 is 5.73 Å². The number of nitrogens with zero attached hydrogens (tertiary/aromatic N) is 1. The Labute approximate surface area is 97.7 Å². The van der Waals surface area contributed by atoms with E-state index in [1.807, 2.05) is 12.1 Å². The molecule has 3 heteroatoms. The minimum Gasteiger partial charge on any atom is -0.392 e. The molecular formula is C13H22N2O. The third kappa shape index (κ3) is 3.91. The number of hydrogen-bond donors (Lipinski definition) is 2. The maximum Gasteiger partial charge on any atom is 0.0621 e. The van der Waals surface area contributed by atoms with Crippen LogP contribution in [0, 0.1) is 5.92 Å². The molecule has 3 N–H and O–H groups in total. The molecule has 3 nitrogen and oxygen atoms in total. The highest BCUT2D eigenvalue weighted by molar-refractivity contribution is 5.16. The molecule has 0 aliphatic heterocycles. The van der Waals surface area contributed by atoms with Gasteiger partial charge in [-0.2, -0.15) is 0 Å². The summed E-state index contributed by atoms with van der Waals surface area (Å²) in [6, 6.07) is 3.86. The molecule has 0 saturated heterocycles. The van der Waals surface area contributed by atoms with Crippen LogP contribution in [0.15, 0.2) is 24.5 Å². The van der Waals surface area contributed by atoms with E-state index in [4.69, 9.17) is 5.73 Å². The van der Waals surface area contributed by atoms with E-state index in [-0.39, 0.29) is 12.0 Å². The quantitative estimate of drug-likeness (QED) is 0.773. The van der Waals surface area contributed by atoms with Crippen molar-refractivity contribution in [3.63, 3.8) is 0 Å². The summed E-state index contributed by atoms with van der Waals surface area (Å²) in [4.78, 5) is 4.06. The van der Waals surface area contributed by atoms with E-state index in [1.165, 1.54) is 0 Å². The van der Waals surface area contributed by atoms with Crippen molar-refractivity contribution in [2.75, 3.05) is 6.54 Å². The SMILES string of the molecule is CC(C)CCC(O)C(CN)c1cccnc1. The first-order chi connectivity index (χ1) is 7.65. The van der Waals surface area contributed by atoms with Gasteiger partial charge < -0.3 is 10.8 Å². The van der Waals surface area contributed by atoms with Crippen molar-refractivity contribution in [2.24, 2.45) is 11.7 Å². The van der Waals surface area contributed by atoms with Crippen molar-refractivity contribution >= 4 is 0 Å². The van der Waals surface area contributed by atoms with Gasteiger partial charge in [-0.25, -0.2) is 0 Å². The molecule has 0 radical (unpaired) electrons. The summed E-state index contributed by atoms with van der Waals surface area (Å²) < 4.78 is 0. The zero-order valence-electron chi connectivity index (χ0n) is 10.1. The monoisotopic (exact) mass is 222 g/mol. The molecule has 0 amide bonds. The van der Waals surface area contributed by atoms with Crippen molar-refractivity contribution in [1.82, 2.24) is 4.98 Å². The summed E-state index contributed by atoms with van der Waals surface area (Å²) in [5.41, 5.74) is 6.75. The minimum absolute atomic E-state index is 0.00690. The van der Waals surface area contributed by atoms with Gasteiger partial charge in [0, 0.05) is 24.9 Å². The maximum absolute atomic E-state index is 10.1. The smallest absolute Gasteiger partial charge is 0.0621 e. The second-order valence-corrected chi connectivity index (χ2v) is 4.67. The molecule has 0 aliphatic carbocycles. The van der Waals surface area contributed by atoms with E-state index in [0.717, 1.165) is 18.4 Å². The number of hydrogen-bond acceptors (Lipinski definition) is 3. The van der Waals surface area contributed by atoms with Gasteiger partial charge in [0.1, 0.15) is 0 Å². The van der Waals surface area contributed by atoms with E-state index in [1.54, 1.807) is 12.4 Å². The normalized spacial score (nSPS) is 15.1. The lowest BCUT2D eigenvalue weighted by atomic mass is 9.90. The molecule has 1 rings (SSSR count). The fourth-order valence-electron chi connectivity index (χ4n) is 1.82. The van der Waals surface area contributed by atoms with Crippen molar-refractivity contribution < 1.29 is 5.11 Å². The van der Waals surface area contributed by atoms with Gasteiger partial charge in [0.25, 0.3) is 0 Å². The summed E-state index contributed by atoms with van der Waals surface area (Å²) in [6.07, 6.45) is 4.98. The Kier molecular flexibility index (Phi) is 5.43. The number of nitrogens with two attached hydrogens (primary N) is 1. The van der Waals surface area contributed by atoms with E-state index >= 15 is 0 Å². The molecule has 2 unspecified atom stereocenters. The zero-order chi connectivity index (χ0) is 12.0. The first-order valence-corrected chi connectivity index (χ1v) is 5.93. The van der Waals surface area contributed by atoms with Crippen molar-refractivity contribution in [1.29, 1.82) is 0 Å². The third-order valence-electron chi connectivity index (χ3n) is 2.87. The largest absolute Gasteiger partial charge is 0.392 e. The molecule has 1 aromatic rings. The van der Waals surface area contributed by atoms with E-state index < -0.39 is 0 Å². The predicted octanol–water partition coefficient (Wildman–Crippen LogP) is 1.92. The Morgan fingerprint density at radius 2 is 2.12 bits per heavy atom. The van der Waals surface area contributed by atoms with Gasteiger partial charge in [-0.15, -0.1) is 0 Å². The first-order valence-electron chi connectivity index (χ1n) is 5.93. The highest BCUT2D eigenvalue weighted by Crippen LogP contribution is 2.22. The van der Waals surface area contributed by atoms with E-state index in [2.05, 4.69) is 18.8 Å². The highest BCUT2D eigenvalue weighted by Gasteiger charge is 2.19. The molecule has 16 heavy (non-hydrogen) atoms. The van der Waals surface area contributed by atoms with Gasteiger partial charge in [0.15, 0.2) is 0 Å². The van der Waals surface area contributed by atoms with Crippen LogP contribution in [0.25, 0.3) is 0 Å². The lowest BCUT2D eigenvalue weighted by Crippen LogP contribution is -2.26. The van der Waals surface area contributed by atoms with Gasteiger partial charge in [-0.1, -0.05) is 19.9 Å². The van der Waals surface area contributed by atoms with Crippen LogP contribution in [-0.2, 0) is 0 Å². The number of aliphatic hydroxyl groups excluding tert-OH is 1. The lowest BCUT2D eigenvalue weighted by Gasteiger charge is -2.22. The van der Waals surface area contributed by atoms with Gasteiger partial charge in [-0.05, 0) is 30.4 Å². The Morgan fingerprint density at radius 3 is 2.62 bits per heavy atom. The molecule has 0 saturated carbocycles. The van der Waals surface area contributed by atoms with E-state index in [0.29, 0.717) is 12.5 Å². The summed E-state index contributed by atoms with van der Waals surface area (Å²) in [7, 11) is 0. The van der Waals surface area contributed by atoms with Crippen LogP contribution in [0.1, 0.15) is 38.2 Å². The molecule has 0 fully saturated rings. The molecule has 0 bridgehead atoms.